The summed E-state index contributed by atoms with van der Waals surface area (Å²) in [5.41, 5.74) is 0. The van der Waals surface area contributed by atoms with Gasteiger partial charge in [0, 0.05) is 12.0 Å². The molecule has 0 radical (unpaired) electrons. The van der Waals surface area contributed by atoms with Crippen LogP contribution in [0.25, 0.3) is 0 Å². The van der Waals surface area contributed by atoms with E-state index in [9.17, 15) is 5.11 Å². The Morgan fingerprint density at radius 2 is 2.18 bits per heavy atom. The Hall–Kier alpha value is -0.0800. The van der Waals surface area contributed by atoms with E-state index < -0.39 is 0 Å². The Balaban J connectivity index is 1.96. The highest BCUT2D eigenvalue weighted by atomic mass is 16.3. The van der Waals surface area contributed by atoms with Gasteiger partial charge in [-0.05, 0) is 24.8 Å². The maximum absolute atomic E-state index is 9.79. The van der Waals surface area contributed by atoms with Gasteiger partial charge in [-0.3, -0.25) is 0 Å². The lowest BCUT2D eigenvalue weighted by atomic mass is 9.68. The minimum Gasteiger partial charge on any atom is -0.393 e. The smallest absolute Gasteiger partial charge is 0.0609 e. The molecular weight excluding hydrogens is 138 g/mol. The van der Waals surface area contributed by atoms with E-state index in [1.165, 1.54) is 6.42 Å². The van der Waals surface area contributed by atoms with Crippen LogP contribution in [0.2, 0.25) is 0 Å². The van der Waals surface area contributed by atoms with Crippen molar-refractivity contribution in [2.75, 3.05) is 6.54 Å². The zero-order valence-electron chi connectivity index (χ0n) is 7.25. The van der Waals surface area contributed by atoms with Crippen LogP contribution in [0.4, 0.5) is 0 Å². The molecular formula is C9H17NO. The van der Waals surface area contributed by atoms with Crippen LogP contribution < -0.4 is 5.32 Å². The number of fused-ring (bicyclic) bond motifs is 1. The van der Waals surface area contributed by atoms with E-state index in [2.05, 4.69) is 19.2 Å². The average molecular weight is 155 g/mol. The third-order valence-electron chi connectivity index (χ3n) is 3.29. The van der Waals surface area contributed by atoms with E-state index >= 15 is 0 Å². The lowest BCUT2D eigenvalue weighted by Crippen LogP contribution is -2.46. The molecule has 3 fully saturated rings. The highest BCUT2D eigenvalue weighted by Crippen LogP contribution is 2.43. The largest absolute Gasteiger partial charge is 0.393 e. The maximum Gasteiger partial charge on any atom is 0.0609 e. The molecule has 3 rings (SSSR count). The predicted molar refractivity (Wildman–Crippen MR) is 44.2 cm³/mol. The Bertz CT molecular complexity index is 144. The van der Waals surface area contributed by atoms with Gasteiger partial charge in [0.2, 0.25) is 0 Å². The highest BCUT2D eigenvalue weighted by Gasteiger charge is 2.50. The van der Waals surface area contributed by atoms with E-state index in [1.807, 2.05) is 0 Å². The summed E-state index contributed by atoms with van der Waals surface area (Å²) in [6, 6.07) is 0.636. The minimum atomic E-state index is -0.0752. The summed E-state index contributed by atoms with van der Waals surface area (Å²) in [7, 11) is 0. The molecule has 2 N–H and O–H groups in total. The average Bonchev–Trinajstić information content (AvgIpc) is 2.44. The van der Waals surface area contributed by atoms with E-state index in [1.54, 1.807) is 0 Å². The first-order valence-electron chi connectivity index (χ1n) is 4.61. The van der Waals surface area contributed by atoms with Crippen molar-refractivity contribution in [3.63, 3.8) is 0 Å². The molecule has 0 aromatic carbocycles. The van der Waals surface area contributed by atoms with Gasteiger partial charge in [-0.2, -0.15) is 0 Å². The van der Waals surface area contributed by atoms with Crippen LogP contribution in [0.5, 0.6) is 0 Å². The molecule has 2 heterocycles. The predicted octanol–water partition coefficient (Wildman–Crippen LogP) is 0.611. The molecule has 0 amide bonds. The standard InChI is InChI=1S/C9H17NO/c1-5(2)9(11)8-6-3-7(8)10-4-6/h5-11H,3-4H2,1-2H3. The van der Waals surface area contributed by atoms with Crippen LogP contribution in [0.15, 0.2) is 0 Å². The molecule has 2 heteroatoms. The molecule has 4 atom stereocenters. The molecule has 0 aromatic rings. The first-order valence-corrected chi connectivity index (χ1v) is 4.61. The summed E-state index contributed by atoms with van der Waals surface area (Å²) in [6.07, 6.45) is 1.22. The van der Waals surface area contributed by atoms with Crippen molar-refractivity contribution in [3.8, 4) is 0 Å². The summed E-state index contributed by atoms with van der Waals surface area (Å²) in [6.45, 7) is 5.34. The molecule has 3 aliphatic rings. The van der Waals surface area contributed by atoms with Gasteiger partial charge >= 0.3 is 0 Å². The van der Waals surface area contributed by atoms with Crippen molar-refractivity contribution >= 4 is 0 Å². The molecule has 2 nitrogen and oxygen atoms in total. The van der Waals surface area contributed by atoms with Gasteiger partial charge < -0.3 is 10.4 Å². The number of rotatable bonds is 2. The van der Waals surface area contributed by atoms with Gasteiger partial charge in [-0.25, -0.2) is 0 Å². The quantitative estimate of drug-likeness (QED) is 0.612. The van der Waals surface area contributed by atoms with Crippen molar-refractivity contribution in [3.05, 3.63) is 0 Å². The summed E-state index contributed by atoms with van der Waals surface area (Å²) < 4.78 is 0. The van der Waals surface area contributed by atoms with Crippen LogP contribution in [0.1, 0.15) is 20.3 Å². The maximum atomic E-state index is 9.79. The van der Waals surface area contributed by atoms with Gasteiger partial charge in [0.25, 0.3) is 0 Å². The fraction of sp³-hybridized carbons (Fsp3) is 1.00. The molecule has 0 spiro atoms. The molecule has 2 saturated heterocycles. The van der Waals surface area contributed by atoms with E-state index in [-0.39, 0.29) is 6.10 Å². The first-order chi connectivity index (χ1) is 5.20. The van der Waals surface area contributed by atoms with E-state index in [4.69, 9.17) is 0 Å². The second kappa shape index (κ2) is 2.46. The van der Waals surface area contributed by atoms with Crippen LogP contribution >= 0.6 is 0 Å². The Labute approximate surface area is 68.0 Å². The van der Waals surface area contributed by atoms with Gasteiger partial charge in [0.15, 0.2) is 0 Å². The van der Waals surface area contributed by atoms with Gasteiger partial charge in [-0.15, -0.1) is 0 Å². The summed E-state index contributed by atoms with van der Waals surface area (Å²) in [5.74, 6) is 1.76. The molecule has 0 aromatic heterocycles. The van der Waals surface area contributed by atoms with Crippen molar-refractivity contribution in [1.82, 2.24) is 5.32 Å². The molecule has 11 heavy (non-hydrogen) atoms. The number of hydrogen-bond acceptors (Lipinski definition) is 2. The van der Waals surface area contributed by atoms with Crippen molar-refractivity contribution in [1.29, 1.82) is 0 Å². The molecule has 1 saturated carbocycles. The van der Waals surface area contributed by atoms with Crippen molar-refractivity contribution in [2.24, 2.45) is 17.8 Å². The van der Waals surface area contributed by atoms with Gasteiger partial charge in [0.05, 0.1) is 6.10 Å². The van der Waals surface area contributed by atoms with Crippen molar-refractivity contribution in [2.45, 2.75) is 32.4 Å². The van der Waals surface area contributed by atoms with E-state index in [0.29, 0.717) is 17.9 Å². The molecule has 4 unspecified atom stereocenters. The summed E-state index contributed by atoms with van der Waals surface area (Å²) in [4.78, 5) is 0. The molecule has 2 bridgehead atoms. The SMILES string of the molecule is CC(C)C(O)C1C2CNC1C2. The van der Waals surface area contributed by atoms with Crippen LogP contribution in [-0.2, 0) is 0 Å². The normalized spacial score (nSPS) is 44.2. The first kappa shape index (κ1) is 7.56. The Kier molecular flexibility index (Phi) is 1.69. The molecule has 1 aliphatic carbocycles. The zero-order valence-corrected chi connectivity index (χ0v) is 7.25. The minimum absolute atomic E-state index is 0.0752. The topological polar surface area (TPSA) is 32.3 Å². The molecule has 64 valence electrons. The Morgan fingerprint density at radius 3 is 2.55 bits per heavy atom. The second-order valence-corrected chi connectivity index (χ2v) is 4.32. The summed E-state index contributed by atoms with van der Waals surface area (Å²) >= 11 is 0. The monoisotopic (exact) mass is 155 g/mol. The van der Waals surface area contributed by atoms with Gasteiger partial charge in [0.1, 0.15) is 0 Å². The highest BCUT2D eigenvalue weighted by molar-refractivity contribution is 5.05. The third kappa shape index (κ3) is 1.00. The van der Waals surface area contributed by atoms with Gasteiger partial charge in [-0.1, -0.05) is 13.8 Å². The number of aliphatic hydroxyl groups excluding tert-OH is 1. The zero-order chi connectivity index (χ0) is 8.01. The molecule has 2 aliphatic heterocycles. The fourth-order valence-electron chi connectivity index (χ4n) is 2.48. The van der Waals surface area contributed by atoms with Crippen LogP contribution in [-0.4, -0.2) is 23.8 Å². The fourth-order valence-corrected chi connectivity index (χ4v) is 2.48. The lowest BCUT2D eigenvalue weighted by Gasteiger charge is -2.39. The van der Waals surface area contributed by atoms with E-state index in [0.717, 1.165) is 12.5 Å². The lowest BCUT2D eigenvalue weighted by molar-refractivity contribution is -0.00200. The number of hydrogen-bond donors (Lipinski definition) is 2. The van der Waals surface area contributed by atoms with Crippen LogP contribution in [0.3, 0.4) is 0 Å². The van der Waals surface area contributed by atoms with Crippen LogP contribution in [0, 0.1) is 17.8 Å². The van der Waals surface area contributed by atoms with Crippen molar-refractivity contribution < 1.29 is 5.11 Å². The second-order valence-electron chi connectivity index (χ2n) is 4.32. The number of aliphatic hydroxyl groups is 1. The summed E-state index contributed by atoms with van der Waals surface area (Å²) in [5, 5.41) is 13.2. The number of nitrogens with one attached hydrogen (secondary N) is 1. The Morgan fingerprint density at radius 1 is 1.45 bits per heavy atom. The third-order valence-corrected chi connectivity index (χ3v) is 3.29.